The zero-order chi connectivity index (χ0) is 35.2. The molecule has 0 radical (unpaired) electrons. The van der Waals surface area contributed by atoms with Gasteiger partial charge in [0.05, 0.1) is 35.7 Å². The van der Waals surface area contributed by atoms with E-state index in [1.165, 1.54) is 44.4 Å². The lowest BCUT2D eigenvalue weighted by Crippen LogP contribution is -2.44. The Morgan fingerprint density at radius 2 is 1.68 bits per heavy atom. The number of aliphatic hydroxyl groups is 1. The van der Waals surface area contributed by atoms with Crippen molar-refractivity contribution in [2.75, 3.05) is 20.3 Å². The van der Waals surface area contributed by atoms with Crippen molar-refractivity contribution in [2.45, 2.75) is 78.0 Å². The molecule has 254 valence electrons. The lowest BCUT2D eigenvalue weighted by Gasteiger charge is -2.31. The van der Waals surface area contributed by atoms with Gasteiger partial charge in [0.2, 0.25) is 0 Å². The molecule has 3 rings (SSSR count). The Morgan fingerprint density at radius 1 is 0.979 bits per heavy atom. The van der Waals surface area contributed by atoms with Crippen LogP contribution in [0.3, 0.4) is 0 Å². The number of pyridine rings is 1. The minimum absolute atomic E-state index is 0.0186. The van der Waals surface area contributed by atoms with E-state index in [0.29, 0.717) is 22.4 Å². The predicted molar refractivity (Wildman–Crippen MR) is 175 cm³/mol. The second-order valence-electron chi connectivity index (χ2n) is 12.7. The highest BCUT2D eigenvalue weighted by Gasteiger charge is 2.32. The molecular formula is C35H42ClFN2O8. The number of carbonyl (C=O) groups excluding carboxylic acids is 3. The minimum atomic E-state index is -1.61. The van der Waals surface area contributed by atoms with Crippen LogP contribution in [0.25, 0.3) is 11.3 Å². The van der Waals surface area contributed by atoms with Crippen LogP contribution in [0.15, 0.2) is 48.5 Å². The molecule has 0 fully saturated rings. The van der Waals surface area contributed by atoms with Gasteiger partial charge >= 0.3 is 12.1 Å². The number of amides is 1. The third-order valence-corrected chi connectivity index (χ3v) is 7.39. The van der Waals surface area contributed by atoms with Gasteiger partial charge in [-0.1, -0.05) is 11.6 Å². The van der Waals surface area contributed by atoms with E-state index in [1.54, 1.807) is 59.7 Å². The van der Waals surface area contributed by atoms with Gasteiger partial charge in [0.25, 0.3) is 0 Å². The average Bonchev–Trinajstić information content (AvgIpc) is 2.98. The summed E-state index contributed by atoms with van der Waals surface area (Å²) in [6.07, 6.45) is -0.727. The number of benzene rings is 2. The van der Waals surface area contributed by atoms with Gasteiger partial charge < -0.3 is 29.4 Å². The number of Topliss-reactive ketones (excluding diaryl/α,β-unsaturated/α-hetero) is 1. The standard InChI is InChI=1S/C35H42ClFN2O8/c1-9-45-31(41)20-46-28-13-11-22(17-29(28)44-8)27(40)14-15-35(7,43)30-19-23(34(5,6)39-32(42)47-33(2,3)4)18-26(38-30)21-10-12-25(37)24(36)16-21/h10-13,16-19,43H,9,14-15,20H2,1-8H3,(H,39,42). The number of hydrogen-bond donors (Lipinski definition) is 2. The number of nitrogens with zero attached hydrogens (tertiary/aromatic N) is 1. The molecule has 12 heteroatoms. The largest absolute Gasteiger partial charge is 0.493 e. The first-order valence-corrected chi connectivity index (χ1v) is 15.4. The molecule has 1 aromatic heterocycles. The summed E-state index contributed by atoms with van der Waals surface area (Å²) < 4.78 is 35.1. The van der Waals surface area contributed by atoms with Crippen molar-refractivity contribution >= 4 is 29.4 Å². The Balaban J connectivity index is 1.91. The fraction of sp³-hybridized carbons (Fsp3) is 0.429. The van der Waals surface area contributed by atoms with E-state index in [4.69, 9.17) is 30.5 Å². The molecule has 0 bridgehead atoms. The molecule has 0 saturated heterocycles. The van der Waals surface area contributed by atoms with Gasteiger partial charge in [0, 0.05) is 17.5 Å². The molecule has 1 heterocycles. The number of nitrogens with one attached hydrogen (secondary N) is 1. The smallest absolute Gasteiger partial charge is 0.408 e. The van der Waals surface area contributed by atoms with Crippen molar-refractivity contribution < 1.29 is 42.8 Å². The monoisotopic (exact) mass is 672 g/mol. The van der Waals surface area contributed by atoms with Crippen molar-refractivity contribution in [3.05, 3.63) is 76.2 Å². The van der Waals surface area contributed by atoms with Crippen LogP contribution in [0, 0.1) is 5.82 Å². The zero-order valence-electron chi connectivity index (χ0n) is 28.0. The maximum Gasteiger partial charge on any atom is 0.408 e. The lowest BCUT2D eigenvalue weighted by atomic mass is 9.87. The maximum atomic E-state index is 14.0. The Hall–Kier alpha value is -4.22. The highest BCUT2D eigenvalue weighted by molar-refractivity contribution is 6.31. The number of aromatic nitrogens is 1. The van der Waals surface area contributed by atoms with Crippen molar-refractivity contribution in [1.29, 1.82) is 0 Å². The van der Waals surface area contributed by atoms with E-state index in [1.807, 2.05) is 0 Å². The number of methoxy groups -OCH3 is 1. The highest BCUT2D eigenvalue weighted by atomic mass is 35.5. The van der Waals surface area contributed by atoms with Crippen LogP contribution in [0.5, 0.6) is 11.5 Å². The van der Waals surface area contributed by atoms with Crippen LogP contribution in [0.2, 0.25) is 5.02 Å². The van der Waals surface area contributed by atoms with E-state index in [-0.39, 0.29) is 54.1 Å². The van der Waals surface area contributed by atoms with Gasteiger partial charge in [-0.2, -0.15) is 0 Å². The average molecular weight is 673 g/mol. The molecule has 0 aliphatic carbocycles. The Labute approximate surface area is 279 Å². The summed E-state index contributed by atoms with van der Waals surface area (Å²) in [5.74, 6) is -0.900. The summed E-state index contributed by atoms with van der Waals surface area (Å²) in [5.41, 5.74) is -1.39. The van der Waals surface area contributed by atoms with Crippen LogP contribution < -0.4 is 14.8 Å². The SMILES string of the molecule is CCOC(=O)COc1ccc(C(=O)CCC(C)(O)c2cc(C(C)(C)NC(=O)OC(C)(C)C)cc(-c3ccc(F)c(Cl)c3)n2)cc1OC. The molecule has 0 aliphatic rings. The van der Waals surface area contributed by atoms with Crippen LogP contribution in [-0.2, 0) is 25.4 Å². The quantitative estimate of drug-likeness (QED) is 0.144. The number of alkyl carbamates (subject to hydrolysis) is 1. The van der Waals surface area contributed by atoms with E-state index in [9.17, 15) is 23.9 Å². The molecular weight excluding hydrogens is 631 g/mol. The van der Waals surface area contributed by atoms with Crippen molar-refractivity contribution in [2.24, 2.45) is 0 Å². The second-order valence-corrected chi connectivity index (χ2v) is 13.1. The topological polar surface area (TPSA) is 133 Å². The van der Waals surface area contributed by atoms with Crippen LogP contribution >= 0.6 is 11.6 Å². The van der Waals surface area contributed by atoms with E-state index >= 15 is 0 Å². The first kappa shape index (κ1) is 37.2. The van der Waals surface area contributed by atoms with Crippen LogP contribution in [0.1, 0.15) is 82.9 Å². The molecule has 3 aromatic rings. The number of esters is 1. The van der Waals surface area contributed by atoms with Gasteiger partial charge in [-0.05, 0) is 109 Å². The summed E-state index contributed by atoms with van der Waals surface area (Å²) in [6.45, 7) is 11.9. The van der Waals surface area contributed by atoms with Gasteiger partial charge in [-0.3, -0.25) is 4.79 Å². The molecule has 1 unspecified atom stereocenters. The summed E-state index contributed by atoms with van der Waals surface area (Å²) in [7, 11) is 1.41. The van der Waals surface area contributed by atoms with Gasteiger partial charge in [-0.25, -0.2) is 19.0 Å². The van der Waals surface area contributed by atoms with Crippen molar-refractivity contribution in [3.63, 3.8) is 0 Å². The third kappa shape index (κ3) is 10.4. The number of hydrogen-bond acceptors (Lipinski definition) is 9. The van der Waals surface area contributed by atoms with Crippen molar-refractivity contribution in [3.8, 4) is 22.8 Å². The summed E-state index contributed by atoms with van der Waals surface area (Å²) in [5, 5.41) is 14.4. The highest BCUT2D eigenvalue weighted by Crippen LogP contribution is 2.34. The Bertz CT molecular complexity index is 1620. The number of ketones is 1. The van der Waals surface area contributed by atoms with Gasteiger partial charge in [-0.15, -0.1) is 0 Å². The first-order chi connectivity index (χ1) is 21.8. The number of rotatable bonds is 13. The number of ether oxygens (including phenoxy) is 4. The van der Waals surface area contributed by atoms with E-state index in [0.717, 1.165) is 0 Å². The fourth-order valence-electron chi connectivity index (χ4n) is 4.53. The van der Waals surface area contributed by atoms with Gasteiger partial charge in [0.1, 0.15) is 17.0 Å². The molecule has 1 atom stereocenters. The summed E-state index contributed by atoms with van der Waals surface area (Å²) in [4.78, 5) is 42.3. The molecule has 2 N–H and O–H groups in total. The molecule has 2 aromatic carbocycles. The molecule has 0 saturated carbocycles. The number of carbonyl (C=O) groups is 3. The third-order valence-electron chi connectivity index (χ3n) is 7.10. The number of halogens is 2. The molecule has 0 aliphatic heterocycles. The summed E-state index contributed by atoms with van der Waals surface area (Å²) in [6, 6.07) is 12.1. The Morgan fingerprint density at radius 3 is 2.30 bits per heavy atom. The molecule has 47 heavy (non-hydrogen) atoms. The molecule has 1 amide bonds. The van der Waals surface area contributed by atoms with Crippen LogP contribution in [0.4, 0.5) is 9.18 Å². The van der Waals surface area contributed by atoms with E-state index in [2.05, 4.69) is 10.3 Å². The first-order valence-electron chi connectivity index (χ1n) is 15.1. The predicted octanol–water partition coefficient (Wildman–Crippen LogP) is 7.12. The molecule has 10 nitrogen and oxygen atoms in total. The maximum absolute atomic E-state index is 14.0. The minimum Gasteiger partial charge on any atom is -0.493 e. The molecule has 0 spiro atoms. The zero-order valence-corrected chi connectivity index (χ0v) is 28.7. The summed E-state index contributed by atoms with van der Waals surface area (Å²) >= 11 is 6.07. The normalized spacial score (nSPS) is 12.9. The van der Waals surface area contributed by atoms with Gasteiger partial charge in [0.15, 0.2) is 23.9 Å². The fourth-order valence-corrected chi connectivity index (χ4v) is 4.71. The Kier molecular flexibility index (Phi) is 12.0. The van der Waals surface area contributed by atoms with E-state index < -0.39 is 34.6 Å². The second kappa shape index (κ2) is 15.1. The lowest BCUT2D eigenvalue weighted by molar-refractivity contribution is -0.145. The van der Waals surface area contributed by atoms with Crippen molar-refractivity contribution in [1.82, 2.24) is 10.3 Å². The van der Waals surface area contributed by atoms with Crippen LogP contribution in [-0.4, -0.2) is 53.9 Å².